The second-order valence-corrected chi connectivity index (χ2v) is 8.97. The molecule has 106 valence electrons. The second kappa shape index (κ2) is 7.23. The molecule has 2 nitrogen and oxygen atoms in total. The molecule has 1 aliphatic rings. The summed E-state index contributed by atoms with van der Waals surface area (Å²) in [6.45, 7) is 2.25. The van der Waals surface area contributed by atoms with Gasteiger partial charge in [-0.25, -0.2) is 0 Å². The van der Waals surface area contributed by atoms with Crippen molar-refractivity contribution in [2.45, 2.75) is 51.5 Å². The van der Waals surface area contributed by atoms with Crippen LogP contribution in [0.1, 0.15) is 55.8 Å². The van der Waals surface area contributed by atoms with E-state index in [2.05, 4.69) is 44.1 Å². The molecule has 0 aromatic carbocycles. The molecule has 1 heterocycles. The Balaban J connectivity index is 1.85. The number of hydrogen-bond donors (Lipinski definition) is 1. The Morgan fingerprint density at radius 3 is 2.58 bits per heavy atom. The number of hydrogen-bond acceptors (Lipinski definition) is 2. The molecule has 1 fully saturated rings. The predicted molar refractivity (Wildman–Crippen MR) is 87.8 cm³/mol. The molecular weight excluding hydrogens is 390 g/mol. The van der Waals surface area contributed by atoms with E-state index in [9.17, 15) is 4.79 Å². The maximum Gasteiger partial charge on any atom is 0.253 e. The van der Waals surface area contributed by atoms with Crippen LogP contribution in [0.3, 0.4) is 0 Å². The summed E-state index contributed by atoms with van der Waals surface area (Å²) in [5, 5.41) is 3.17. The summed E-state index contributed by atoms with van der Waals surface area (Å²) in [4.78, 5) is 12.2. The fourth-order valence-corrected chi connectivity index (χ4v) is 5.56. The van der Waals surface area contributed by atoms with Gasteiger partial charge >= 0.3 is 0 Å². The maximum absolute atomic E-state index is 12.2. The highest BCUT2D eigenvalue weighted by atomic mass is 79.9. The lowest BCUT2D eigenvalue weighted by Gasteiger charge is -2.28. The van der Waals surface area contributed by atoms with Gasteiger partial charge < -0.3 is 5.32 Å². The second-order valence-electron chi connectivity index (χ2n) is 5.22. The quantitative estimate of drug-likeness (QED) is 0.713. The van der Waals surface area contributed by atoms with E-state index in [1.165, 1.54) is 37.0 Å². The lowest BCUT2D eigenvalue weighted by atomic mass is 9.83. The molecule has 19 heavy (non-hydrogen) atoms. The van der Waals surface area contributed by atoms with Gasteiger partial charge in [0, 0.05) is 6.04 Å². The van der Waals surface area contributed by atoms with Crippen molar-refractivity contribution in [1.29, 1.82) is 0 Å². The Kier molecular flexibility index (Phi) is 5.90. The average Bonchev–Trinajstić information content (AvgIpc) is 2.71. The van der Waals surface area contributed by atoms with E-state index in [0.29, 0.717) is 6.04 Å². The van der Waals surface area contributed by atoms with Crippen LogP contribution in [0, 0.1) is 5.92 Å². The van der Waals surface area contributed by atoms with Crippen molar-refractivity contribution in [2.75, 3.05) is 0 Å². The summed E-state index contributed by atoms with van der Waals surface area (Å²) < 4.78 is 1.88. The largest absolute Gasteiger partial charge is 0.349 e. The molecule has 1 aromatic rings. The summed E-state index contributed by atoms with van der Waals surface area (Å²) in [6, 6.07) is 2.23. The van der Waals surface area contributed by atoms with Gasteiger partial charge in [0.1, 0.15) is 0 Å². The number of halogens is 2. The van der Waals surface area contributed by atoms with Gasteiger partial charge in [0.2, 0.25) is 0 Å². The maximum atomic E-state index is 12.2. The lowest BCUT2D eigenvalue weighted by molar-refractivity contribution is 0.0921. The predicted octanol–water partition coefficient (Wildman–Crippen LogP) is 5.36. The molecule has 1 amide bonds. The highest BCUT2D eigenvalue weighted by molar-refractivity contribution is 9.12. The first-order valence-electron chi connectivity index (χ1n) is 6.85. The summed E-state index contributed by atoms with van der Waals surface area (Å²) in [6.07, 6.45) is 7.38. The summed E-state index contributed by atoms with van der Waals surface area (Å²) in [7, 11) is 0. The molecule has 0 bridgehead atoms. The molecule has 1 aliphatic carbocycles. The van der Waals surface area contributed by atoms with Crippen LogP contribution >= 0.6 is 43.2 Å². The average molecular weight is 409 g/mol. The smallest absolute Gasteiger partial charge is 0.253 e. The summed E-state index contributed by atoms with van der Waals surface area (Å²) in [5.74, 6) is 0.924. The van der Waals surface area contributed by atoms with Crippen LogP contribution in [-0.4, -0.2) is 11.9 Å². The molecule has 0 unspecified atom stereocenters. The van der Waals surface area contributed by atoms with Gasteiger partial charge in [0.25, 0.3) is 5.91 Å². The number of amides is 1. The third-order valence-corrected chi connectivity index (χ3v) is 6.12. The number of nitrogens with one attached hydrogen (secondary N) is 1. The van der Waals surface area contributed by atoms with Crippen LogP contribution in [-0.2, 0) is 0 Å². The fourth-order valence-electron chi connectivity index (χ4n) is 2.76. The van der Waals surface area contributed by atoms with Gasteiger partial charge in [0.15, 0.2) is 0 Å². The fraction of sp³-hybridized carbons (Fsp3) is 0.643. The standard InChI is InChI=1S/C14H19Br2NOS/c1-2-3-9-4-6-10(7-5-9)17-14(18)11-8-12(15)19-13(11)16/h8-10H,2-7H2,1H3,(H,17,18). The molecule has 0 spiro atoms. The van der Waals surface area contributed by atoms with Gasteiger partial charge in [-0.15, -0.1) is 11.3 Å². The van der Waals surface area contributed by atoms with E-state index < -0.39 is 0 Å². The molecule has 1 saturated carbocycles. The van der Waals surface area contributed by atoms with Crippen LogP contribution in [0.25, 0.3) is 0 Å². The molecule has 5 heteroatoms. The topological polar surface area (TPSA) is 29.1 Å². The number of carbonyl (C=O) groups is 1. The van der Waals surface area contributed by atoms with Crippen LogP contribution in [0.5, 0.6) is 0 Å². The summed E-state index contributed by atoms with van der Waals surface area (Å²) >= 11 is 8.39. The zero-order valence-electron chi connectivity index (χ0n) is 11.0. The van der Waals surface area contributed by atoms with Crippen molar-refractivity contribution in [1.82, 2.24) is 5.32 Å². The van der Waals surface area contributed by atoms with Gasteiger partial charge in [0.05, 0.1) is 13.1 Å². The Morgan fingerprint density at radius 1 is 1.37 bits per heavy atom. The molecule has 0 aliphatic heterocycles. The van der Waals surface area contributed by atoms with Gasteiger partial charge in [-0.1, -0.05) is 19.8 Å². The zero-order valence-corrected chi connectivity index (χ0v) is 15.0. The Morgan fingerprint density at radius 2 is 2.05 bits per heavy atom. The van der Waals surface area contributed by atoms with Crippen LogP contribution < -0.4 is 5.32 Å². The summed E-state index contributed by atoms with van der Waals surface area (Å²) in [5.41, 5.74) is 0.743. The van der Waals surface area contributed by atoms with Gasteiger partial charge in [-0.05, 0) is 69.5 Å². The minimum atomic E-state index is 0.0489. The van der Waals surface area contributed by atoms with Gasteiger partial charge in [-0.2, -0.15) is 0 Å². The lowest BCUT2D eigenvalue weighted by Crippen LogP contribution is -2.37. The van der Waals surface area contributed by atoms with Crippen molar-refractivity contribution in [3.05, 3.63) is 19.2 Å². The Hall–Kier alpha value is 0.130. The number of rotatable bonds is 4. The third kappa shape index (κ3) is 4.30. The number of carbonyl (C=O) groups excluding carboxylic acids is 1. The van der Waals surface area contributed by atoms with E-state index in [1.54, 1.807) is 0 Å². The van der Waals surface area contributed by atoms with E-state index in [0.717, 1.165) is 31.9 Å². The van der Waals surface area contributed by atoms with Crippen molar-refractivity contribution >= 4 is 49.1 Å². The highest BCUT2D eigenvalue weighted by Gasteiger charge is 2.23. The third-order valence-electron chi connectivity index (χ3n) is 3.78. The number of thiophene rings is 1. The first kappa shape index (κ1) is 15.5. The Labute approximate surface area is 135 Å². The first-order valence-corrected chi connectivity index (χ1v) is 9.26. The normalized spacial score (nSPS) is 23.3. The van der Waals surface area contributed by atoms with Gasteiger partial charge in [-0.3, -0.25) is 4.79 Å². The monoisotopic (exact) mass is 407 g/mol. The van der Waals surface area contributed by atoms with Crippen molar-refractivity contribution in [3.63, 3.8) is 0 Å². The van der Waals surface area contributed by atoms with Crippen molar-refractivity contribution in [3.8, 4) is 0 Å². The molecule has 1 N–H and O–H groups in total. The van der Waals surface area contributed by atoms with E-state index in [4.69, 9.17) is 0 Å². The minimum absolute atomic E-state index is 0.0489. The van der Waals surface area contributed by atoms with Crippen molar-refractivity contribution in [2.24, 2.45) is 5.92 Å². The molecule has 0 atom stereocenters. The highest BCUT2D eigenvalue weighted by Crippen LogP contribution is 2.32. The molecule has 0 saturated heterocycles. The van der Waals surface area contributed by atoms with Crippen molar-refractivity contribution < 1.29 is 4.79 Å². The first-order chi connectivity index (χ1) is 9.10. The molecule has 0 radical (unpaired) electrons. The minimum Gasteiger partial charge on any atom is -0.349 e. The van der Waals surface area contributed by atoms with Crippen LogP contribution in [0.4, 0.5) is 0 Å². The van der Waals surface area contributed by atoms with E-state index >= 15 is 0 Å². The zero-order chi connectivity index (χ0) is 13.8. The van der Waals surface area contributed by atoms with Crippen LogP contribution in [0.15, 0.2) is 13.6 Å². The Bertz CT molecular complexity index is 439. The van der Waals surface area contributed by atoms with Crippen LogP contribution in [0.2, 0.25) is 0 Å². The molecule has 2 rings (SSSR count). The SMILES string of the molecule is CCCC1CCC(NC(=O)c2cc(Br)sc2Br)CC1. The molecular formula is C14H19Br2NOS. The van der Waals surface area contributed by atoms with E-state index in [1.807, 2.05) is 6.07 Å². The molecule has 1 aromatic heterocycles. The van der Waals surface area contributed by atoms with E-state index in [-0.39, 0.29) is 5.91 Å².